The molecule has 0 amide bonds. The average molecular weight is 410 g/mol. The summed E-state index contributed by atoms with van der Waals surface area (Å²) in [4.78, 5) is 16.4. The summed E-state index contributed by atoms with van der Waals surface area (Å²) in [6.45, 7) is 0. The summed E-state index contributed by atoms with van der Waals surface area (Å²) in [5.41, 5.74) is 10.6. The van der Waals surface area contributed by atoms with Crippen LogP contribution in [-0.2, 0) is 0 Å². The molecule has 4 aromatic rings. The second kappa shape index (κ2) is 7.26. The predicted octanol–water partition coefficient (Wildman–Crippen LogP) is 6.30. The molecule has 0 saturated heterocycles. The number of benzene rings is 1. The molecule has 6 rings (SSSR count). The number of hydrogen-bond acceptors (Lipinski definition) is 2. The molecule has 1 aromatic carbocycles. The summed E-state index contributed by atoms with van der Waals surface area (Å²) in [6, 6.07) is 22.5. The fraction of sp³-hybridized carbons (Fsp3) is 0. The van der Waals surface area contributed by atoms with Crippen LogP contribution in [-0.4, -0.2) is 19.9 Å². The molecule has 3 aromatic heterocycles. The van der Waals surface area contributed by atoms with Crippen LogP contribution in [0.5, 0.6) is 0 Å². The molecule has 5 heterocycles. The molecule has 0 atom stereocenters. The molecular formula is C28H18N4. The highest BCUT2D eigenvalue weighted by atomic mass is 14.8. The minimum atomic E-state index is 0.865. The summed E-state index contributed by atoms with van der Waals surface area (Å²) in [5, 5.41) is 0. The van der Waals surface area contributed by atoms with E-state index < -0.39 is 0 Å². The van der Waals surface area contributed by atoms with Crippen molar-refractivity contribution >= 4 is 46.4 Å². The summed E-state index contributed by atoms with van der Waals surface area (Å²) in [5.74, 6) is 2.68. The average Bonchev–Trinajstić information content (AvgIpc) is 3.59. The van der Waals surface area contributed by atoms with E-state index in [4.69, 9.17) is 11.4 Å². The summed E-state index contributed by atoms with van der Waals surface area (Å²) in [6.07, 6.45) is 13.6. The van der Waals surface area contributed by atoms with Gasteiger partial charge in [-0.3, -0.25) is 0 Å². The Hall–Kier alpha value is -4.62. The molecule has 8 bridgehead atoms. The molecule has 32 heavy (non-hydrogen) atoms. The lowest BCUT2D eigenvalue weighted by Gasteiger charge is -1.99. The molecule has 0 saturated carbocycles. The molecule has 2 aliphatic rings. The number of terminal acetylenes is 1. The second-order valence-electron chi connectivity index (χ2n) is 7.81. The van der Waals surface area contributed by atoms with Crippen molar-refractivity contribution in [3.05, 3.63) is 95.1 Å². The number of aromatic nitrogens is 4. The fourth-order valence-electron chi connectivity index (χ4n) is 4.00. The number of aromatic amines is 2. The molecule has 4 nitrogen and oxygen atoms in total. The van der Waals surface area contributed by atoms with Gasteiger partial charge in [-0.2, -0.15) is 0 Å². The highest BCUT2D eigenvalue weighted by molar-refractivity contribution is 5.88. The van der Waals surface area contributed by atoms with Crippen LogP contribution in [0.25, 0.3) is 57.5 Å². The van der Waals surface area contributed by atoms with Crippen molar-refractivity contribution in [2.75, 3.05) is 0 Å². The summed E-state index contributed by atoms with van der Waals surface area (Å²) < 4.78 is 0. The van der Waals surface area contributed by atoms with Crippen molar-refractivity contribution in [2.24, 2.45) is 0 Å². The van der Waals surface area contributed by atoms with Crippen LogP contribution in [0.4, 0.5) is 0 Å². The second-order valence-corrected chi connectivity index (χ2v) is 7.81. The van der Waals surface area contributed by atoms with E-state index in [1.165, 1.54) is 0 Å². The standard InChI is InChI=1S/C28H18N4/c1-2-18-3-5-19(6-4-18)27-16-26-15-24-10-9-22(30-24)13-20-7-8-21(29-20)14-23-11-12-25(31-23)17-28(27)32-26/h1,3-17,30,32H. The van der Waals surface area contributed by atoms with Gasteiger partial charge >= 0.3 is 0 Å². The van der Waals surface area contributed by atoms with E-state index in [1.54, 1.807) is 0 Å². The smallest absolute Gasteiger partial charge is 0.0659 e. The zero-order chi connectivity index (χ0) is 21.5. The topological polar surface area (TPSA) is 57.4 Å². The Morgan fingerprint density at radius 2 is 1.22 bits per heavy atom. The van der Waals surface area contributed by atoms with Gasteiger partial charge in [0.05, 0.1) is 22.8 Å². The number of nitrogens with zero attached hydrogens (tertiary/aromatic N) is 2. The Kier molecular flexibility index (Phi) is 4.12. The van der Waals surface area contributed by atoms with Gasteiger partial charge < -0.3 is 9.97 Å². The maximum atomic E-state index is 5.53. The molecule has 0 spiro atoms. The van der Waals surface area contributed by atoms with Crippen molar-refractivity contribution < 1.29 is 0 Å². The van der Waals surface area contributed by atoms with Crippen molar-refractivity contribution in [1.82, 2.24) is 19.9 Å². The largest absolute Gasteiger partial charge is 0.355 e. The Morgan fingerprint density at radius 1 is 0.594 bits per heavy atom. The van der Waals surface area contributed by atoms with E-state index in [0.29, 0.717) is 0 Å². The summed E-state index contributed by atoms with van der Waals surface area (Å²) >= 11 is 0. The lowest BCUT2D eigenvalue weighted by atomic mass is 10.0. The van der Waals surface area contributed by atoms with Gasteiger partial charge in [-0.05, 0) is 84.5 Å². The zero-order valence-corrected chi connectivity index (χ0v) is 17.1. The molecule has 2 aliphatic heterocycles. The minimum absolute atomic E-state index is 0.865. The van der Waals surface area contributed by atoms with E-state index >= 15 is 0 Å². The van der Waals surface area contributed by atoms with Gasteiger partial charge in [0.15, 0.2) is 0 Å². The van der Waals surface area contributed by atoms with Gasteiger partial charge in [0, 0.05) is 33.2 Å². The number of fused-ring (bicyclic) bond motifs is 8. The first-order valence-corrected chi connectivity index (χ1v) is 10.4. The lowest BCUT2D eigenvalue weighted by molar-refractivity contribution is 1.28. The predicted molar refractivity (Wildman–Crippen MR) is 132 cm³/mol. The first-order chi connectivity index (χ1) is 15.7. The normalized spacial score (nSPS) is 12.1. The van der Waals surface area contributed by atoms with Crippen LogP contribution < -0.4 is 0 Å². The number of nitrogens with one attached hydrogen (secondary N) is 2. The Morgan fingerprint density at radius 3 is 1.91 bits per heavy atom. The van der Waals surface area contributed by atoms with Gasteiger partial charge in [0.1, 0.15) is 0 Å². The van der Waals surface area contributed by atoms with E-state index in [0.717, 1.165) is 61.5 Å². The number of rotatable bonds is 1. The molecular weight excluding hydrogens is 392 g/mol. The maximum Gasteiger partial charge on any atom is 0.0659 e. The van der Waals surface area contributed by atoms with Crippen molar-refractivity contribution in [1.29, 1.82) is 0 Å². The fourth-order valence-corrected chi connectivity index (χ4v) is 4.00. The quantitative estimate of drug-likeness (QED) is 0.312. The monoisotopic (exact) mass is 410 g/mol. The van der Waals surface area contributed by atoms with Crippen LogP contribution in [0, 0.1) is 12.3 Å². The maximum absolute atomic E-state index is 5.53. The lowest BCUT2D eigenvalue weighted by Crippen LogP contribution is -1.79. The third-order valence-electron chi connectivity index (χ3n) is 5.53. The molecule has 2 N–H and O–H groups in total. The van der Waals surface area contributed by atoms with Crippen molar-refractivity contribution in [2.45, 2.75) is 0 Å². The third kappa shape index (κ3) is 3.42. The van der Waals surface area contributed by atoms with E-state index in [9.17, 15) is 0 Å². The molecule has 0 unspecified atom stereocenters. The van der Waals surface area contributed by atoms with Crippen LogP contribution in [0.3, 0.4) is 0 Å². The number of H-pyrrole nitrogens is 2. The minimum Gasteiger partial charge on any atom is -0.355 e. The van der Waals surface area contributed by atoms with E-state index in [1.807, 2.05) is 48.6 Å². The van der Waals surface area contributed by atoms with Crippen molar-refractivity contribution in [3.8, 4) is 23.5 Å². The first-order valence-electron chi connectivity index (χ1n) is 10.4. The Labute approximate surface area is 185 Å². The van der Waals surface area contributed by atoms with Crippen LogP contribution >= 0.6 is 0 Å². The molecule has 0 fully saturated rings. The van der Waals surface area contributed by atoms with Crippen molar-refractivity contribution in [3.63, 3.8) is 0 Å². The van der Waals surface area contributed by atoms with E-state index in [-0.39, 0.29) is 0 Å². The van der Waals surface area contributed by atoms with Gasteiger partial charge in [-0.15, -0.1) is 6.42 Å². The Balaban J connectivity index is 1.65. The Bertz CT molecular complexity index is 1620. The highest BCUT2D eigenvalue weighted by Crippen LogP contribution is 2.28. The molecule has 150 valence electrons. The zero-order valence-electron chi connectivity index (χ0n) is 17.1. The third-order valence-corrected chi connectivity index (χ3v) is 5.53. The number of hydrogen-bond donors (Lipinski definition) is 2. The first kappa shape index (κ1) is 18.2. The molecule has 0 aliphatic carbocycles. The van der Waals surface area contributed by atoms with Gasteiger partial charge in [-0.25, -0.2) is 9.97 Å². The van der Waals surface area contributed by atoms with E-state index in [2.05, 4.69) is 63.3 Å². The van der Waals surface area contributed by atoms with Gasteiger partial charge in [0.2, 0.25) is 0 Å². The molecule has 0 radical (unpaired) electrons. The van der Waals surface area contributed by atoms with Crippen LogP contribution in [0.15, 0.2) is 66.7 Å². The summed E-state index contributed by atoms with van der Waals surface area (Å²) in [7, 11) is 0. The molecule has 4 heteroatoms. The highest BCUT2D eigenvalue weighted by Gasteiger charge is 2.07. The SMILES string of the molecule is C#Cc1ccc(-c2cc3cc4ccc(cc5nc(cc6nc(cc2[nH]3)C=C6)C=C5)[nH]4)cc1. The van der Waals surface area contributed by atoms with Crippen LogP contribution in [0.2, 0.25) is 0 Å². The van der Waals surface area contributed by atoms with Gasteiger partial charge in [0.25, 0.3) is 0 Å². The van der Waals surface area contributed by atoms with Crippen LogP contribution in [0.1, 0.15) is 28.3 Å². The van der Waals surface area contributed by atoms with Gasteiger partial charge in [-0.1, -0.05) is 18.1 Å².